The summed E-state index contributed by atoms with van der Waals surface area (Å²) in [4.78, 5) is 36.1. The minimum absolute atomic E-state index is 0.0327. The highest BCUT2D eigenvalue weighted by Gasteiger charge is 2.25. The first-order chi connectivity index (χ1) is 13.0. The van der Waals surface area contributed by atoms with Gasteiger partial charge in [0.2, 0.25) is 0 Å². The van der Waals surface area contributed by atoms with Crippen LogP contribution in [0.3, 0.4) is 0 Å². The third kappa shape index (κ3) is 4.81. The number of amides is 3. The first-order valence-electron chi connectivity index (χ1n) is 9.14. The lowest BCUT2D eigenvalue weighted by Gasteiger charge is -2.32. The van der Waals surface area contributed by atoms with Crippen LogP contribution in [0.1, 0.15) is 40.4 Å². The molecule has 7 heteroatoms. The van der Waals surface area contributed by atoms with Crippen molar-refractivity contribution in [3.05, 3.63) is 59.7 Å². The normalized spacial score (nSPS) is 16.7. The molecule has 0 spiro atoms. The van der Waals surface area contributed by atoms with Crippen molar-refractivity contribution >= 4 is 11.9 Å². The van der Waals surface area contributed by atoms with E-state index in [1.54, 1.807) is 43.7 Å². The molecule has 7 nitrogen and oxygen atoms in total. The van der Waals surface area contributed by atoms with Gasteiger partial charge < -0.3 is 15.1 Å². The molecule has 1 N–H and O–H groups in total. The molecule has 0 radical (unpaired) electrons. The van der Waals surface area contributed by atoms with Crippen LogP contribution >= 0.6 is 0 Å². The molecule has 1 atom stereocenters. The Labute approximate surface area is 159 Å². The minimum atomic E-state index is -0.0674. The third-order valence-electron chi connectivity index (χ3n) is 4.78. The Kier molecular flexibility index (Phi) is 6.01. The average Bonchev–Trinajstić information content (AvgIpc) is 2.72. The Morgan fingerprint density at radius 1 is 1.22 bits per heavy atom. The molecule has 1 fully saturated rings. The van der Waals surface area contributed by atoms with Crippen molar-refractivity contribution in [2.45, 2.75) is 25.3 Å². The van der Waals surface area contributed by atoms with Crippen LogP contribution in [0.4, 0.5) is 4.79 Å². The van der Waals surface area contributed by atoms with Gasteiger partial charge in [-0.3, -0.25) is 4.79 Å². The van der Waals surface area contributed by atoms with Gasteiger partial charge in [0, 0.05) is 57.1 Å². The summed E-state index contributed by atoms with van der Waals surface area (Å²) in [5.41, 5.74) is 2.59. The van der Waals surface area contributed by atoms with Crippen LogP contribution in [-0.4, -0.2) is 58.9 Å². The van der Waals surface area contributed by atoms with E-state index in [4.69, 9.17) is 0 Å². The molecule has 1 aromatic heterocycles. The predicted molar refractivity (Wildman–Crippen MR) is 102 cm³/mol. The van der Waals surface area contributed by atoms with Crippen LogP contribution in [0.5, 0.6) is 0 Å². The molecule has 0 aliphatic carbocycles. The minimum Gasteiger partial charge on any atom is -0.345 e. The Morgan fingerprint density at radius 3 is 2.67 bits per heavy atom. The van der Waals surface area contributed by atoms with Crippen LogP contribution in [0.25, 0.3) is 0 Å². The lowest BCUT2D eigenvalue weighted by Crippen LogP contribution is -2.44. The fraction of sp³-hybridized carbons (Fsp3) is 0.400. The molecule has 2 heterocycles. The maximum Gasteiger partial charge on any atom is 0.317 e. The maximum absolute atomic E-state index is 12.5. The molecule has 0 unspecified atom stereocenters. The number of carbonyl (C=O) groups excluding carboxylic acids is 2. The first kappa shape index (κ1) is 18.8. The van der Waals surface area contributed by atoms with E-state index in [1.807, 2.05) is 23.1 Å². The zero-order valence-corrected chi connectivity index (χ0v) is 15.8. The summed E-state index contributed by atoms with van der Waals surface area (Å²) in [6, 6.07) is 9.17. The quantitative estimate of drug-likeness (QED) is 0.899. The Morgan fingerprint density at radius 2 is 2.00 bits per heavy atom. The summed E-state index contributed by atoms with van der Waals surface area (Å²) in [6.45, 7) is 1.85. The van der Waals surface area contributed by atoms with Crippen molar-refractivity contribution < 1.29 is 9.59 Å². The molecule has 142 valence electrons. The highest BCUT2D eigenvalue weighted by atomic mass is 16.2. The average molecular weight is 367 g/mol. The number of nitrogens with zero attached hydrogens (tertiary/aromatic N) is 4. The zero-order chi connectivity index (χ0) is 19.2. The van der Waals surface area contributed by atoms with Gasteiger partial charge in [-0.2, -0.15) is 0 Å². The second-order valence-electron chi connectivity index (χ2n) is 6.97. The van der Waals surface area contributed by atoms with E-state index in [0.717, 1.165) is 30.6 Å². The maximum atomic E-state index is 12.5. The molecule has 1 aliphatic rings. The van der Waals surface area contributed by atoms with Crippen LogP contribution < -0.4 is 5.32 Å². The van der Waals surface area contributed by atoms with Crippen molar-refractivity contribution in [1.29, 1.82) is 0 Å². The summed E-state index contributed by atoms with van der Waals surface area (Å²) in [5.74, 6) is 0.221. The predicted octanol–water partition coefficient (Wildman–Crippen LogP) is 2.27. The number of rotatable bonds is 4. The van der Waals surface area contributed by atoms with Gasteiger partial charge in [-0.25, -0.2) is 14.8 Å². The van der Waals surface area contributed by atoms with Crippen LogP contribution in [0, 0.1) is 0 Å². The molecule has 3 rings (SSSR count). The molecular formula is C20H25N5O2. The molecule has 0 saturated carbocycles. The van der Waals surface area contributed by atoms with Crippen molar-refractivity contribution in [2.24, 2.45) is 0 Å². The largest absolute Gasteiger partial charge is 0.345 e. The zero-order valence-electron chi connectivity index (χ0n) is 15.8. The lowest BCUT2D eigenvalue weighted by atomic mass is 9.95. The number of urea groups is 1. The van der Waals surface area contributed by atoms with E-state index < -0.39 is 0 Å². The fourth-order valence-corrected chi connectivity index (χ4v) is 3.26. The monoisotopic (exact) mass is 367 g/mol. The van der Waals surface area contributed by atoms with E-state index in [-0.39, 0.29) is 17.9 Å². The number of piperidine rings is 1. The van der Waals surface area contributed by atoms with Crippen LogP contribution in [0.2, 0.25) is 0 Å². The molecule has 1 aliphatic heterocycles. The Balaban J connectivity index is 1.53. The van der Waals surface area contributed by atoms with E-state index in [1.165, 1.54) is 0 Å². The number of aromatic nitrogens is 2. The smallest absolute Gasteiger partial charge is 0.317 e. The molecule has 1 aromatic carbocycles. The third-order valence-corrected chi connectivity index (χ3v) is 4.78. The van der Waals surface area contributed by atoms with Crippen molar-refractivity contribution in [2.75, 3.05) is 27.2 Å². The Hall–Kier alpha value is -2.96. The van der Waals surface area contributed by atoms with E-state index in [0.29, 0.717) is 18.7 Å². The number of benzene rings is 1. The molecule has 2 aromatic rings. The summed E-state index contributed by atoms with van der Waals surface area (Å²) < 4.78 is 0. The number of nitrogens with one attached hydrogen (secondary N) is 1. The highest BCUT2D eigenvalue weighted by Crippen LogP contribution is 2.25. The summed E-state index contributed by atoms with van der Waals surface area (Å²) in [6.07, 6.45) is 5.29. The topological polar surface area (TPSA) is 78.4 Å². The van der Waals surface area contributed by atoms with Gasteiger partial charge >= 0.3 is 6.03 Å². The van der Waals surface area contributed by atoms with Crippen LogP contribution in [0.15, 0.2) is 42.9 Å². The van der Waals surface area contributed by atoms with Gasteiger partial charge in [-0.05, 0) is 36.6 Å². The summed E-state index contributed by atoms with van der Waals surface area (Å²) in [7, 11) is 3.45. The molecule has 1 saturated heterocycles. The summed E-state index contributed by atoms with van der Waals surface area (Å²) in [5, 5.41) is 2.97. The van der Waals surface area contributed by atoms with Gasteiger partial charge in [0.1, 0.15) is 6.33 Å². The number of carbonyl (C=O) groups is 2. The SMILES string of the molecule is CN(C)C(=O)c1ccc(CNC(=O)N2CCC[C@H](c3ccncn3)C2)cc1. The van der Waals surface area contributed by atoms with E-state index in [9.17, 15) is 9.59 Å². The second-order valence-corrected chi connectivity index (χ2v) is 6.97. The van der Waals surface area contributed by atoms with Gasteiger partial charge in [0.25, 0.3) is 5.91 Å². The fourth-order valence-electron chi connectivity index (χ4n) is 3.26. The van der Waals surface area contributed by atoms with Crippen molar-refractivity contribution in [3.63, 3.8) is 0 Å². The van der Waals surface area contributed by atoms with E-state index in [2.05, 4.69) is 15.3 Å². The first-order valence-corrected chi connectivity index (χ1v) is 9.14. The lowest BCUT2D eigenvalue weighted by molar-refractivity contribution is 0.0827. The van der Waals surface area contributed by atoms with Gasteiger partial charge in [-0.15, -0.1) is 0 Å². The summed E-state index contributed by atoms with van der Waals surface area (Å²) >= 11 is 0. The highest BCUT2D eigenvalue weighted by molar-refractivity contribution is 5.93. The number of hydrogen-bond donors (Lipinski definition) is 1. The molecule has 3 amide bonds. The molecule has 0 bridgehead atoms. The van der Waals surface area contributed by atoms with Crippen LogP contribution in [-0.2, 0) is 6.54 Å². The van der Waals surface area contributed by atoms with Gasteiger partial charge in [0.15, 0.2) is 0 Å². The van der Waals surface area contributed by atoms with Gasteiger partial charge in [-0.1, -0.05) is 12.1 Å². The number of likely N-dealkylation sites (tertiary alicyclic amines) is 1. The second kappa shape index (κ2) is 8.62. The van der Waals surface area contributed by atoms with Crippen molar-refractivity contribution in [3.8, 4) is 0 Å². The molecular weight excluding hydrogens is 342 g/mol. The van der Waals surface area contributed by atoms with Gasteiger partial charge in [0.05, 0.1) is 0 Å². The Bertz CT molecular complexity index is 777. The molecule has 27 heavy (non-hydrogen) atoms. The standard InChI is InChI=1S/C20H25N5O2/c1-24(2)19(26)16-7-5-15(6-8-16)12-22-20(27)25-11-3-4-17(13-25)18-9-10-21-14-23-18/h5-10,14,17H,3-4,11-13H2,1-2H3,(H,22,27)/t17-/m0/s1. The number of hydrogen-bond acceptors (Lipinski definition) is 4. The van der Waals surface area contributed by atoms with E-state index >= 15 is 0 Å². The van der Waals surface area contributed by atoms with Crippen molar-refractivity contribution in [1.82, 2.24) is 25.1 Å².